The van der Waals surface area contributed by atoms with E-state index < -0.39 is 0 Å². The van der Waals surface area contributed by atoms with Crippen LogP contribution in [-0.4, -0.2) is 48.6 Å². The summed E-state index contributed by atoms with van der Waals surface area (Å²) in [5, 5.41) is 3.56. The lowest BCUT2D eigenvalue weighted by Crippen LogP contribution is -2.42. The fourth-order valence-electron chi connectivity index (χ4n) is 3.25. The summed E-state index contributed by atoms with van der Waals surface area (Å²) in [5.74, 6) is 0.661. The number of hydrogen-bond donors (Lipinski definition) is 3. The van der Waals surface area contributed by atoms with Crippen molar-refractivity contribution >= 4 is 16.8 Å². The van der Waals surface area contributed by atoms with Gasteiger partial charge in [-0.2, -0.15) is 0 Å². The molecule has 2 aromatic rings. The number of ether oxygens (including phenoxy) is 1. The molecule has 0 radical (unpaired) electrons. The van der Waals surface area contributed by atoms with Crippen LogP contribution in [0.25, 0.3) is 10.9 Å². The zero-order valence-electron chi connectivity index (χ0n) is 13.8. The van der Waals surface area contributed by atoms with Crippen LogP contribution in [0.3, 0.4) is 0 Å². The summed E-state index contributed by atoms with van der Waals surface area (Å²) in [7, 11) is 3.22. The molecule has 1 aromatic heterocycles. The van der Waals surface area contributed by atoms with Gasteiger partial charge in [0.15, 0.2) is 0 Å². The number of fused-ring (bicyclic) bond motifs is 1. The summed E-state index contributed by atoms with van der Waals surface area (Å²) in [4.78, 5) is 29.2. The summed E-state index contributed by atoms with van der Waals surface area (Å²) in [6.07, 6.45) is 0.596. The van der Waals surface area contributed by atoms with Gasteiger partial charge in [-0.1, -0.05) is 0 Å². The number of rotatable bonds is 4. The lowest BCUT2D eigenvalue weighted by molar-refractivity contribution is -0.125. The van der Waals surface area contributed by atoms with E-state index in [0.717, 1.165) is 16.7 Å². The minimum Gasteiger partial charge on any atom is -0.497 e. The van der Waals surface area contributed by atoms with Crippen molar-refractivity contribution in [2.75, 3.05) is 20.7 Å². The molecule has 1 fully saturated rings. The topological polar surface area (TPSA) is 100 Å². The van der Waals surface area contributed by atoms with Crippen LogP contribution in [0.15, 0.2) is 29.1 Å². The smallest absolute Gasteiger partial charge is 0.252 e. The Balaban J connectivity index is 1.92. The molecule has 0 spiro atoms. The molecular formula is C17H22N4O3. The molecule has 1 saturated heterocycles. The molecule has 1 amide bonds. The third-order valence-corrected chi connectivity index (χ3v) is 4.49. The number of methoxy groups -OCH3 is 1. The summed E-state index contributed by atoms with van der Waals surface area (Å²) >= 11 is 0. The SMILES string of the molecule is CNC(=O)[C@@H]1C[C@H](N)CN1Cc1cc2cc(OC)ccc2[nH]c1=O. The van der Waals surface area contributed by atoms with Crippen molar-refractivity contribution in [3.63, 3.8) is 0 Å². The number of H-pyrrole nitrogens is 1. The van der Waals surface area contributed by atoms with E-state index in [1.807, 2.05) is 23.1 Å². The highest BCUT2D eigenvalue weighted by Gasteiger charge is 2.34. The molecule has 1 aromatic carbocycles. The number of amides is 1. The predicted octanol–water partition coefficient (Wildman–Crippen LogP) is 0.184. The fourth-order valence-corrected chi connectivity index (χ4v) is 3.25. The summed E-state index contributed by atoms with van der Waals surface area (Å²) in [6, 6.07) is 6.98. The van der Waals surface area contributed by atoms with Gasteiger partial charge in [0, 0.05) is 42.6 Å². The largest absolute Gasteiger partial charge is 0.497 e. The van der Waals surface area contributed by atoms with Crippen molar-refractivity contribution in [3.8, 4) is 5.75 Å². The summed E-state index contributed by atoms with van der Waals surface area (Å²) in [5.41, 5.74) is 7.22. The van der Waals surface area contributed by atoms with Gasteiger partial charge in [0.1, 0.15) is 5.75 Å². The Morgan fingerprint density at radius 3 is 2.96 bits per heavy atom. The minimum absolute atomic E-state index is 0.0630. The first-order valence-corrected chi connectivity index (χ1v) is 7.93. The van der Waals surface area contributed by atoms with Gasteiger partial charge in [-0.05, 0) is 30.7 Å². The molecule has 24 heavy (non-hydrogen) atoms. The zero-order valence-corrected chi connectivity index (χ0v) is 13.8. The number of benzene rings is 1. The number of hydrogen-bond acceptors (Lipinski definition) is 5. The van der Waals surface area contributed by atoms with Gasteiger partial charge in [0.05, 0.1) is 13.2 Å². The normalized spacial score (nSPS) is 21.1. The van der Waals surface area contributed by atoms with Gasteiger partial charge in [-0.3, -0.25) is 14.5 Å². The first-order chi connectivity index (χ1) is 11.5. The molecule has 0 saturated carbocycles. The average molecular weight is 330 g/mol. The number of likely N-dealkylation sites (tertiary alicyclic amines) is 1. The maximum absolute atomic E-state index is 12.4. The average Bonchev–Trinajstić information content (AvgIpc) is 2.94. The molecule has 128 valence electrons. The quantitative estimate of drug-likeness (QED) is 0.743. The molecular weight excluding hydrogens is 308 g/mol. The van der Waals surface area contributed by atoms with Crippen molar-refractivity contribution in [2.45, 2.75) is 25.0 Å². The molecule has 2 heterocycles. The fraction of sp³-hybridized carbons (Fsp3) is 0.412. The number of aromatic nitrogens is 1. The van der Waals surface area contributed by atoms with E-state index in [4.69, 9.17) is 10.5 Å². The molecule has 0 bridgehead atoms. The van der Waals surface area contributed by atoms with Gasteiger partial charge in [0.25, 0.3) is 5.56 Å². The minimum atomic E-state index is -0.301. The highest BCUT2D eigenvalue weighted by molar-refractivity contribution is 5.82. The van der Waals surface area contributed by atoms with Crippen LogP contribution >= 0.6 is 0 Å². The molecule has 4 N–H and O–H groups in total. The number of likely N-dealkylation sites (N-methyl/N-ethyl adjacent to an activating group) is 1. The Morgan fingerprint density at radius 2 is 2.25 bits per heavy atom. The van der Waals surface area contributed by atoms with E-state index in [-0.39, 0.29) is 23.6 Å². The molecule has 0 aliphatic carbocycles. The lowest BCUT2D eigenvalue weighted by Gasteiger charge is -2.22. The van der Waals surface area contributed by atoms with Crippen LogP contribution in [0.5, 0.6) is 5.75 Å². The van der Waals surface area contributed by atoms with Gasteiger partial charge in [-0.25, -0.2) is 0 Å². The third-order valence-electron chi connectivity index (χ3n) is 4.49. The van der Waals surface area contributed by atoms with Gasteiger partial charge < -0.3 is 20.8 Å². The van der Waals surface area contributed by atoms with E-state index in [1.165, 1.54) is 0 Å². The molecule has 7 heteroatoms. The maximum atomic E-state index is 12.4. The second kappa shape index (κ2) is 6.62. The first-order valence-electron chi connectivity index (χ1n) is 7.93. The van der Waals surface area contributed by atoms with Crippen LogP contribution in [0.2, 0.25) is 0 Å². The van der Waals surface area contributed by atoms with Crippen molar-refractivity contribution < 1.29 is 9.53 Å². The van der Waals surface area contributed by atoms with Gasteiger partial charge in [0.2, 0.25) is 5.91 Å². The number of nitrogens with zero attached hydrogens (tertiary/aromatic N) is 1. The first kappa shape index (κ1) is 16.5. The van der Waals surface area contributed by atoms with Crippen molar-refractivity contribution in [1.82, 2.24) is 15.2 Å². The van der Waals surface area contributed by atoms with Crippen LogP contribution in [-0.2, 0) is 11.3 Å². The molecule has 2 atom stereocenters. The molecule has 1 aliphatic heterocycles. The van der Waals surface area contributed by atoms with Crippen LogP contribution in [0.4, 0.5) is 0 Å². The van der Waals surface area contributed by atoms with Gasteiger partial charge in [-0.15, -0.1) is 0 Å². The van der Waals surface area contributed by atoms with Crippen LogP contribution < -0.4 is 21.3 Å². The summed E-state index contributed by atoms with van der Waals surface area (Å²) < 4.78 is 5.23. The Hall–Kier alpha value is -2.38. The van der Waals surface area contributed by atoms with E-state index in [2.05, 4.69) is 10.3 Å². The van der Waals surface area contributed by atoms with E-state index in [9.17, 15) is 9.59 Å². The Kier molecular flexibility index (Phi) is 4.55. The number of aromatic amines is 1. The predicted molar refractivity (Wildman–Crippen MR) is 92.0 cm³/mol. The third kappa shape index (κ3) is 3.13. The van der Waals surface area contributed by atoms with Gasteiger partial charge >= 0.3 is 0 Å². The number of carbonyl (C=O) groups excluding carboxylic acids is 1. The lowest BCUT2D eigenvalue weighted by atomic mass is 10.1. The van der Waals surface area contributed by atoms with Crippen LogP contribution in [0.1, 0.15) is 12.0 Å². The van der Waals surface area contributed by atoms with E-state index >= 15 is 0 Å². The Morgan fingerprint density at radius 1 is 1.46 bits per heavy atom. The highest BCUT2D eigenvalue weighted by atomic mass is 16.5. The Bertz CT molecular complexity index is 817. The number of nitrogens with two attached hydrogens (primary N) is 1. The molecule has 3 rings (SSSR count). The standard InChI is InChI=1S/C17H22N4O3/c1-19-17(23)15-7-12(18)9-21(15)8-11-5-10-6-13(24-2)3-4-14(10)20-16(11)22/h3-6,12,15H,7-9,18H2,1-2H3,(H,19,23)(H,20,22)/t12-,15-/m0/s1. The van der Waals surface area contributed by atoms with Crippen LogP contribution in [0, 0.1) is 0 Å². The highest BCUT2D eigenvalue weighted by Crippen LogP contribution is 2.22. The number of carbonyl (C=O) groups is 1. The monoisotopic (exact) mass is 330 g/mol. The number of nitrogens with one attached hydrogen (secondary N) is 2. The second-order valence-corrected chi connectivity index (χ2v) is 6.13. The molecule has 1 aliphatic rings. The van der Waals surface area contributed by atoms with Crippen molar-refractivity contribution in [3.05, 3.63) is 40.2 Å². The molecule has 7 nitrogen and oxygen atoms in total. The maximum Gasteiger partial charge on any atom is 0.252 e. The van der Waals surface area contributed by atoms with Crippen molar-refractivity contribution in [1.29, 1.82) is 0 Å². The number of pyridine rings is 1. The molecule has 0 unspecified atom stereocenters. The van der Waals surface area contributed by atoms with E-state index in [1.54, 1.807) is 20.2 Å². The van der Waals surface area contributed by atoms with Crippen molar-refractivity contribution in [2.24, 2.45) is 5.73 Å². The zero-order chi connectivity index (χ0) is 17.3. The Labute approximate surface area is 139 Å². The van der Waals surface area contributed by atoms with E-state index in [0.29, 0.717) is 25.1 Å². The second-order valence-electron chi connectivity index (χ2n) is 6.13. The summed E-state index contributed by atoms with van der Waals surface area (Å²) in [6.45, 7) is 0.974.